The largest absolute Gasteiger partial charge is 0.410 e. The minimum absolute atomic E-state index is 1.11. The molecule has 0 radical (unpaired) electrons. The lowest BCUT2D eigenvalue weighted by Crippen LogP contribution is -2.39. The van der Waals surface area contributed by atoms with E-state index in [2.05, 4.69) is 3.07 Å². The van der Waals surface area contributed by atoms with Gasteiger partial charge in [0.2, 0.25) is 5.25 Å². The predicted octanol–water partition coefficient (Wildman–Crippen LogP) is 1.17. The average molecular weight is 320 g/mol. The highest BCUT2D eigenvalue weighted by Gasteiger charge is 2.48. The van der Waals surface area contributed by atoms with E-state index in [9.17, 15) is 21.6 Å². The standard InChI is InChI=1S/C3H4F3IO4S/c4-3(5,6)2(1-11-7)12(8,9)10/h2H,1H2,(H,8,9,10). The molecule has 0 aromatic heterocycles. The van der Waals surface area contributed by atoms with Crippen molar-refractivity contribution in [3.05, 3.63) is 0 Å². The van der Waals surface area contributed by atoms with E-state index in [4.69, 9.17) is 4.55 Å². The normalized spacial score (nSPS) is 16.1. The smallest absolute Gasteiger partial charge is 0.314 e. The summed E-state index contributed by atoms with van der Waals surface area (Å²) in [7, 11) is -5.14. The Morgan fingerprint density at radius 1 is 1.50 bits per heavy atom. The summed E-state index contributed by atoms with van der Waals surface area (Å²) in [6, 6.07) is 0. The number of alkyl halides is 3. The summed E-state index contributed by atoms with van der Waals surface area (Å²) in [4.78, 5) is 0. The molecule has 0 aromatic carbocycles. The summed E-state index contributed by atoms with van der Waals surface area (Å²) in [6.07, 6.45) is -5.02. The van der Waals surface area contributed by atoms with Crippen LogP contribution in [0.3, 0.4) is 0 Å². The van der Waals surface area contributed by atoms with E-state index >= 15 is 0 Å². The fraction of sp³-hybridized carbons (Fsp3) is 1.00. The molecule has 9 heteroatoms. The lowest BCUT2D eigenvalue weighted by atomic mass is 10.4. The van der Waals surface area contributed by atoms with Crippen molar-refractivity contribution in [2.75, 3.05) is 6.61 Å². The van der Waals surface area contributed by atoms with E-state index < -0.39 is 28.2 Å². The Morgan fingerprint density at radius 2 is 1.92 bits per heavy atom. The molecule has 0 aromatic rings. The van der Waals surface area contributed by atoms with Crippen molar-refractivity contribution in [3.63, 3.8) is 0 Å². The number of hydrogen-bond acceptors (Lipinski definition) is 3. The molecular weight excluding hydrogens is 316 g/mol. The molecule has 0 amide bonds. The molecule has 1 atom stereocenters. The molecule has 74 valence electrons. The third-order valence-corrected chi connectivity index (χ3v) is 2.42. The fourth-order valence-electron chi connectivity index (χ4n) is 0.407. The highest BCUT2D eigenvalue weighted by atomic mass is 127. The summed E-state index contributed by atoms with van der Waals surface area (Å²) in [5, 5.41) is -2.87. The SMILES string of the molecule is O=S(=O)(O)C(COI)C(F)(F)F. The van der Waals surface area contributed by atoms with Crippen LogP contribution < -0.4 is 0 Å². The lowest BCUT2D eigenvalue weighted by molar-refractivity contribution is -0.135. The molecule has 0 aliphatic heterocycles. The Hall–Kier alpha value is 0.390. The first-order chi connectivity index (χ1) is 5.19. The van der Waals surface area contributed by atoms with Crippen LogP contribution in [0.15, 0.2) is 0 Å². The molecule has 4 nitrogen and oxygen atoms in total. The van der Waals surface area contributed by atoms with Crippen molar-refractivity contribution in [1.82, 2.24) is 0 Å². The van der Waals surface area contributed by atoms with Gasteiger partial charge in [-0.3, -0.25) is 4.55 Å². The first kappa shape index (κ1) is 12.4. The molecule has 0 aliphatic carbocycles. The van der Waals surface area contributed by atoms with Crippen LogP contribution in [0.5, 0.6) is 0 Å². The number of hydrogen-bond donors (Lipinski definition) is 1. The van der Waals surface area contributed by atoms with Crippen molar-refractivity contribution < 1.29 is 29.2 Å². The van der Waals surface area contributed by atoms with Gasteiger partial charge < -0.3 is 3.07 Å². The van der Waals surface area contributed by atoms with Crippen LogP contribution in [-0.4, -0.2) is 31.0 Å². The second-order valence-electron chi connectivity index (χ2n) is 1.82. The van der Waals surface area contributed by atoms with Gasteiger partial charge in [-0.2, -0.15) is 21.6 Å². The molecule has 0 spiro atoms. The van der Waals surface area contributed by atoms with E-state index in [0.717, 1.165) is 23.0 Å². The fourth-order valence-corrected chi connectivity index (χ4v) is 1.59. The summed E-state index contributed by atoms with van der Waals surface area (Å²) >= 11 is 1.11. The Kier molecular flexibility index (Phi) is 4.20. The van der Waals surface area contributed by atoms with E-state index in [-0.39, 0.29) is 0 Å². The van der Waals surface area contributed by atoms with Crippen LogP contribution in [0.25, 0.3) is 0 Å². The van der Waals surface area contributed by atoms with Gasteiger partial charge in [0.05, 0.1) is 6.61 Å². The zero-order valence-electron chi connectivity index (χ0n) is 5.38. The molecule has 12 heavy (non-hydrogen) atoms. The maximum Gasteiger partial charge on any atom is 0.410 e. The van der Waals surface area contributed by atoms with E-state index in [0.29, 0.717) is 0 Å². The second-order valence-corrected chi connectivity index (χ2v) is 4.04. The first-order valence-electron chi connectivity index (χ1n) is 2.46. The van der Waals surface area contributed by atoms with Gasteiger partial charge in [0.1, 0.15) is 23.0 Å². The maximum absolute atomic E-state index is 11.8. The quantitative estimate of drug-likeness (QED) is 0.626. The molecule has 1 unspecified atom stereocenters. The van der Waals surface area contributed by atoms with Crippen LogP contribution in [0.1, 0.15) is 0 Å². The van der Waals surface area contributed by atoms with Crippen molar-refractivity contribution in [2.24, 2.45) is 0 Å². The van der Waals surface area contributed by atoms with E-state index in [1.165, 1.54) is 0 Å². The van der Waals surface area contributed by atoms with Crippen LogP contribution >= 0.6 is 23.0 Å². The minimum Gasteiger partial charge on any atom is -0.314 e. The monoisotopic (exact) mass is 320 g/mol. The molecule has 0 heterocycles. The van der Waals surface area contributed by atoms with Gasteiger partial charge in [-0.05, 0) is 0 Å². The van der Waals surface area contributed by atoms with Crippen molar-refractivity contribution >= 4 is 33.1 Å². The number of halogens is 4. The van der Waals surface area contributed by atoms with Gasteiger partial charge in [-0.1, -0.05) is 0 Å². The van der Waals surface area contributed by atoms with Crippen molar-refractivity contribution in [2.45, 2.75) is 11.4 Å². The van der Waals surface area contributed by atoms with Crippen LogP contribution in [0, 0.1) is 0 Å². The zero-order valence-corrected chi connectivity index (χ0v) is 8.35. The Bertz CT molecular complexity index is 234. The van der Waals surface area contributed by atoms with Gasteiger partial charge in [-0.15, -0.1) is 0 Å². The summed E-state index contributed by atoms with van der Waals surface area (Å²) < 4.78 is 67.7. The van der Waals surface area contributed by atoms with Gasteiger partial charge in [0, 0.05) is 0 Å². The van der Waals surface area contributed by atoms with Crippen LogP contribution in [0.2, 0.25) is 0 Å². The number of rotatable bonds is 3. The topological polar surface area (TPSA) is 63.6 Å². The molecule has 1 N–H and O–H groups in total. The first-order valence-corrected chi connectivity index (χ1v) is 4.84. The van der Waals surface area contributed by atoms with Crippen molar-refractivity contribution in [3.8, 4) is 0 Å². The van der Waals surface area contributed by atoms with Gasteiger partial charge in [-0.25, -0.2) is 0 Å². The third kappa shape index (κ3) is 3.87. The highest BCUT2D eigenvalue weighted by molar-refractivity contribution is 14.1. The summed E-state index contributed by atoms with van der Waals surface area (Å²) in [6.45, 7) is -1.12. The molecular formula is C3H4F3IO4S. The lowest BCUT2D eigenvalue weighted by Gasteiger charge is -2.14. The van der Waals surface area contributed by atoms with Crippen LogP contribution in [0.4, 0.5) is 13.2 Å². The van der Waals surface area contributed by atoms with Gasteiger partial charge >= 0.3 is 6.18 Å². The predicted molar refractivity (Wildman–Crippen MR) is 41.4 cm³/mol. The Labute approximate surface area is 80.5 Å². The highest BCUT2D eigenvalue weighted by Crippen LogP contribution is 2.26. The molecule has 0 bridgehead atoms. The maximum atomic E-state index is 11.8. The molecule has 0 saturated carbocycles. The van der Waals surface area contributed by atoms with Gasteiger partial charge in [0.25, 0.3) is 10.1 Å². The van der Waals surface area contributed by atoms with Crippen molar-refractivity contribution in [1.29, 1.82) is 0 Å². The zero-order chi connectivity index (χ0) is 9.99. The Balaban J connectivity index is 4.70. The van der Waals surface area contributed by atoms with Crippen LogP contribution in [-0.2, 0) is 13.2 Å². The average Bonchev–Trinajstić information content (AvgIpc) is 1.77. The minimum atomic E-state index is -5.14. The van der Waals surface area contributed by atoms with Gasteiger partial charge in [0.15, 0.2) is 0 Å². The molecule has 0 saturated heterocycles. The molecule has 0 fully saturated rings. The third-order valence-electron chi connectivity index (χ3n) is 0.939. The summed E-state index contributed by atoms with van der Waals surface area (Å²) in [5.41, 5.74) is 0. The second kappa shape index (κ2) is 4.07. The summed E-state index contributed by atoms with van der Waals surface area (Å²) in [5.74, 6) is 0. The molecule has 0 rings (SSSR count). The van der Waals surface area contributed by atoms with E-state index in [1.54, 1.807) is 0 Å². The van der Waals surface area contributed by atoms with E-state index in [1.807, 2.05) is 0 Å². The Morgan fingerprint density at radius 3 is 2.00 bits per heavy atom. The molecule has 0 aliphatic rings.